The van der Waals surface area contributed by atoms with E-state index in [4.69, 9.17) is 27.9 Å². The zero-order valence-corrected chi connectivity index (χ0v) is 12.9. The summed E-state index contributed by atoms with van der Waals surface area (Å²) < 4.78 is 5.39. The Kier molecular flexibility index (Phi) is 5.43. The van der Waals surface area contributed by atoms with Gasteiger partial charge in [0.2, 0.25) is 0 Å². The van der Waals surface area contributed by atoms with Crippen molar-refractivity contribution < 1.29 is 9.53 Å². The van der Waals surface area contributed by atoms with Gasteiger partial charge in [0, 0.05) is 5.02 Å². The van der Waals surface area contributed by atoms with Crippen molar-refractivity contribution in [1.29, 1.82) is 0 Å². The third-order valence-corrected chi connectivity index (χ3v) is 3.41. The maximum absolute atomic E-state index is 10.9. The molecule has 0 aliphatic carbocycles. The first-order valence-electron chi connectivity index (χ1n) is 6.44. The van der Waals surface area contributed by atoms with Gasteiger partial charge < -0.3 is 4.74 Å². The minimum atomic E-state index is -0.651. The Morgan fingerprint density at radius 1 is 1.00 bits per heavy atom. The molecule has 0 aliphatic heterocycles. The van der Waals surface area contributed by atoms with E-state index < -0.39 is 11.3 Å². The fraction of sp³-hybridized carbons (Fsp3) is 0.118. The first-order valence-corrected chi connectivity index (χ1v) is 7.20. The van der Waals surface area contributed by atoms with Gasteiger partial charge in [-0.25, -0.2) is 0 Å². The van der Waals surface area contributed by atoms with E-state index in [1.54, 1.807) is 19.1 Å². The standard InChI is InChI=1S/C17H14Cl2O2/c1-12(17(19)20)21-16-10-6-14(7-11-16)3-2-13-4-8-15(18)9-5-13/h2-12H,1H3/b3-2+. The molecule has 0 amide bonds. The molecule has 1 atom stereocenters. The van der Waals surface area contributed by atoms with E-state index in [1.807, 2.05) is 48.6 Å². The van der Waals surface area contributed by atoms with E-state index in [0.29, 0.717) is 5.75 Å². The van der Waals surface area contributed by atoms with Crippen molar-refractivity contribution in [3.8, 4) is 5.75 Å². The molecule has 108 valence electrons. The summed E-state index contributed by atoms with van der Waals surface area (Å²) in [6.45, 7) is 1.61. The van der Waals surface area contributed by atoms with Crippen LogP contribution in [0.1, 0.15) is 18.1 Å². The molecule has 0 fully saturated rings. The molecule has 0 spiro atoms. The minimum Gasteiger partial charge on any atom is -0.482 e. The number of carbonyl (C=O) groups is 1. The number of rotatable bonds is 5. The summed E-state index contributed by atoms with van der Waals surface area (Å²) in [5.74, 6) is 0.611. The summed E-state index contributed by atoms with van der Waals surface area (Å²) in [7, 11) is 0. The highest BCUT2D eigenvalue weighted by Crippen LogP contribution is 2.17. The summed E-state index contributed by atoms with van der Waals surface area (Å²) in [5.41, 5.74) is 2.10. The number of ether oxygens (including phenoxy) is 1. The molecular formula is C17H14Cl2O2. The minimum absolute atomic E-state index is 0.512. The summed E-state index contributed by atoms with van der Waals surface area (Å²) in [4.78, 5) is 10.9. The van der Waals surface area contributed by atoms with Crippen LogP contribution in [0.5, 0.6) is 5.75 Å². The van der Waals surface area contributed by atoms with E-state index in [0.717, 1.165) is 16.1 Å². The molecule has 0 aromatic heterocycles. The van der Waals surface area contributed by atoms with Crippen molar-refractivity contribution in [3.05, 3.63) is 64.7 Å². The Hall–Kier alpha value is -1.77. The van der Waals surface area contributed by atoms with Crippen LogP contribution < -0.4 is 4.74 Å². The molecule has 0 aliphatic rings. The van der Waals surface area contributed by atoms with Gasteiger partial charge in [0.15, 0.2) is 6.10 Å². The highest BCUT2D eigenvalue weighted by Gasteiger charge is 2.10. The lowest BCUT2D eigenvalue weighted by molar-refractivity contribution is -0.117. The number of halogens is 2. The second-order valence-electron chi connectivity index (χ2n) is 4.52. The lowest BCUT2D eigenvalue weighted by atomic mass is 10.1. The maximum atomic E-state index is 10.9. The predicted molar refractivity (Wildman–Crippen MR) is 87.8 cm³/mol. The summed E-state index contributed by atoms with van der Waals surface area (Å²) in [6, 6.07) is 15.0. The molecule has 0 saturated heterocycles. The van der Waals surface area contributed by atoms with Crippen molar-refractivity contribution in [2.24, 2.45) is 0 Å². The van der Waals surface area contributed by atoms with Gasteiger partial charge in [-0.15, -0.1) is 0 Å². The Balaban J connectivity index is 2.02. The number of hydrogen-bond donors (Lipinski definition) is 0. The van der Waals surface area contributed by atoms with Crippen LogP contribution in [-0.4, -0.2) is 11.3 Å². The first-order chi connectivity index (χ1) is 10.0. The van der Waals surface area contributed by atoms with Crippen LogP contribution >= 0.6 is 23.2 Å². The van der Waals surface area contributed by atoms with E-state index in [9.17, 15) is 4.79 Å². The van der Waals surface area contributed by atoms with Gasteiger partial charge in [0.05, 0.1) is 0 Å². The first kappa shape index (κ1) is 15.6. The van der Waals surface area contributed by atoms with Gasteiger partial charge >= 0.3 is 0 Å². The maximum Gasteiger partial charge on any atom is 0.262 e. The molecule has 0 saturated carbocycles. The molecule has 2 rings (SSSR count). The summed E-state index contributed by atoms with van der Waals surface area (Å²) in [6.07, 6.45) is 3.34. The normalized spacial score (nSPS) is 12.3. The molecule has 0 bridgehead atoms. The number of carbonyl (C=O) groups excluding carboxylic acids is 1. The third kappa shape index (κ3) is 4.92. The monoisotopic (exact) mass is 320 g/mol. The van der Waals surface area contributed by atoms with Crippen molar-refractivity contribution in [3.63, 3.8) is 0 Å². The second kappa shape index (κ2) is 7.30. The molecule has 0 N–H and O–H groups in total. The average molecular weight is 321 g/mol. The predicted octanol–water partition coefficient (Wildman–Crippen LogP) is 5.04. The molecule has 2 aromatic rings. The van der Waals surface area contributed by atoms with Crippen LogP contribution in [-0.2, 0) is 4.79 Å². The quantitative estimate of drug-likeness (QED) is 0.569. The molecule has 1 unspecified atom stereocenters. The molecule has 4 heteroatoms. The topological polar surface area (TPSA) is 26.3 Å². The van der Waals surface area contributed by atoms with Crippen molar-refractivity contribution >= 4 is 40.6 Å². The van der Waals surface area contributed by atoms with Crippen molar-refractivity contribution in [1.82, 2.24) is 0 Å². The average Bonchev–Trinajstić information content (AvgIpc) is 2.48. The SMILES string of the molecule is CC(Oc1ccc(/C=C/c2ccc(Cl)cc2)cc1)C(=O)Cl. The van der Waals surface area contributed by atoms with Crippen LogP contribution in [0, 0.1) is 0 Å². The second-order valence-corrected chi connectivity index (χ2v) is 5.33. The Bertz CT molecular complexity index is 631. The van der Waals surface area contributed by atoms with E-state index in [2.05, 4.69) is 0 Å². The van der Waals surface area contributed by atoms with Crippen LogP contribution in [0.3, 0.4) is 0 Å². The van der Waals surface area contributed by atoms with Gasteiger partial charge in [-0.1, -0.05) is 48.0 Å². The molecule has 0 radical (unpaired) electrons. The highest BCUT2D eigenvalue weighted by molar-refractivity contribution is 6.64. The fourth-order valence-corrected chi connectivity index (χ4v) is 1.84. The van der Waals surface area contributed by atoms with Crippen molar-refractivity contribution in [2.75, 3.05) is 0 Å². The number of hydrogen-bond acceptors (Lipinski definition) is 2. The smallest absolute Gasteiger partial charge is 0.262 e. The third-order valence-electron chi connectivity index (χ3n) is 2.85. The zero-order valence-electron chi connectivity index (χ0n) is 11.4. The van der Waals surface area contributed by atoms with Gasteiger partial charge in [0.25, 0.3) is 5.24 Å². The molecule has 2 nitrogen and oxygen atoms in total. The molecule has 0 heterocycles. The van der Waals surface area contributed by atoms with Crippen LogP contribution in [0.15, 0.2) is 48.5 Å². The van der Waals surface area contributed by atoms with E-state index in [1.165, 1.54) is 0 Å². The van der Waals surface area contributed by atoms with Crippen molar-refractivity contribution in [2.45, 2.75) is 13.0 Å². The number of benzene rings is 2. The van der Waals surface area contributed by atoms with Gasteiger partial charge in [0.1, 0.15) is 5.75 Å². The van der Waals surface area contributed by atoms with Gasteiger partial charge in [-0.05, 0) is 53.9 Å². The molecule has 21 heavy (non-hydrogen) atoms. The Labute approximate surface area is 134 Å². The Morgan fingerprint density at radius 3 is 1.95 bits per heavy atom. The highest BCUT2D eigenvalue weighted by atomic mass is 35.5. The lowest BCUT2D eigenvalue weighted by Crippen LogP contribution is -2.18. The van der Waals surface area contributed by atoms with Crippen LogP contribution in [0.4, 0.5) is 0 Å². The van der Waals surface area contributed by atoms with Crippen LogP contribution in [0.2, 0.25) is 5.02 Å². The largest absolute Gasteiger partial charge is 0.482 e. The van der Waals surface area contributed by atoms with E-state index >= 15 is 0 Å². The molecular weight excluding hydrogens is 307 g/mol. The van der Waals surface area contributed by atoms with Gasteiger partial charge in [-0.3, -0.25) is 4.79 Å². The molecule has 2 aromatic carbocycles. The lowest BCUT2D eigenvalue weighted by Gasteiger charge is -2.10. The summed E-state index contributed by atoms with van der Waals surface area (Å²) >= 11 is 11.2. The fourth-order valence-electron chi connectivity index (χ4n) is 1.67. The van der Waals surface area contributed by atoms with E-state index in [-0.39, 0.29) is 0 Å². The zero-order chi connectivity index (χ0) is 15.2. The van der Waals surface area contributed by atoms with Crippen LogP contribution in [0.25, 0.3) is 12.2 Å². The Morgan fingerprint density at radius 2 is 1.48 bits per heavy atom. The van der Waals surface area contributed by atoms with Gasteiger partial charge in [-0.2, -0.15) is 0 Å². The summed E-state index contributed by atoms with van der Waals surface area (Å²) in [5, 5.41) is 0.207.